The summed E-state index contributed by atoms with van der Waals surface area (Å²) in [6.07, 6.45) is 4.25. The Morgan fingerprint density at radius 1 is 1.71 bits per heavy atom. The molecule has 0 aliphatic carbocycles. The van der Waals surface area contributed by atoms with Crippen LogP contribution in [0, 0.1) is 6.42 Å². The van der Waals surface area contributed by atoms with Gasteiger partial charge in [0.15, 0.2) is 0 Å². The molecule has 0 fully saturated rings. The van der Waals surface area contributed by atoms with Gasteiger partial charge in [-0.2, -0.15) is 0 Å². The highest BCUT2D eigenvalue weighted by Gasteiger charge is 1.92. The van der Waals surface area contributed by atoms with Crippen LogP contribution >= 0.6 is 0 Å². The molecule has 0 bridgehead atoms. The van der Waals surface area contributed by atoms with Gasteiger partial charge in [-0.3, -0.25) is 0 Å². The SMILES string of the molecule is C[CH]CC(N)CC. The molecule has 0 aromatic heterocycles. The summed E-state index contributed by atoms with van der Waals surface area (Å²) in [7, 11) is 0. The van der Waals surface area contributed by atoms with Gasteiger partial charge in [0.25, 0.3) is 0 Å². The lowest BCUT2D eigenvalue weighted by Gasteiger charge is -2.02. The van der Waals surface area contributed by atoms with Crippen molar-refractivity contribution < 1.29 is 0 Å². The summed E-state index contributed by atoms with van der Waals surface area (Å²) >= 11 is 0. The van der Waals surface area contributed by atoms with Crippen molar-refractivity contribution in [3.63, 3.8) is 0 Å². The minimum absolute atomic E-state index is 0.394. The van der Waals surface area contributed by atoms with Crippen LogP contribution in [0.5, 0.6) is 0 Å². The highest BCUT2D eigenvalue weighted by atomic mass is 14.6. The van der Waals surface area contributed by atoms with E-state index in [1.807, 2.05) is 6.92 Å². The van der Waals surface area contributed by atoms with Crippen molar-refractivity contribution in [2.75, 3.05) is 0 Å². The van der Waals surface area contributed by atoms with E-state index in [0.29, 0.717) is 6.04 Å². The molecule has 1 heteroatoms. The molecule has 2 N–H and O–H groups in total. The van der Waals surface area contributed by atoms with Crippen LogP contribution in [0.2, 0.25) is 0 Å². The third-order valence-corrected chi connectivity index (χ3v) is 1.06. The summed E-state index contributed by atoms with van der Waals surface area (Å²) < 4.78 is 0. The van der Waals surface area contributed by atoms with Crippen molar-refractivity contribution in [2.24, 2.45) is 5.73 Å². The Morgan fingerprint density at radius 3 is 2.43 bits per heavy atom. The van der Waals surface area contributed by atoms with Crippen LogP contribution in [0.3, 0.4) is 0 Å². The van der Waals surface area contributed by atoms with Crippen LogP contribution in [-0.4, -0.2) is 6.04 Å². The van der Waals surface area contributed by atoms with Gasteiger partial charge in [-0.25, -0.2) is 0 Å². The van der Waals surface area contributed by atoms with Crippen LogP contribution in [0.1, 0.15) is 26.7 Å². The van der Waals surface area contributed by atoms with Crippen LogP contribution in [0.25, 0.3) is 0 Å². The van der Waals surface area contributed by atoms with Crippen LogP contribution in [0.4, 0.5) is 0 Å². The third kappa shape index (κ3) is 3.80. The molecular formula is C6H14N. The van der Waals surface area contributed by atoms with Crippen molar-refractivity contribution in [1.82, 2.24) is 0 Å². The largest absolute Gasteiger partial charge is 0.328 e. The van der Waals surface area contributed by atoms with Gasteiger partial charge in [0.05, 0.1) is 0 Å². The zero-order valence-electron chi connectivity index (χ0n) is 5.15. The lowest BCUT2D eigenvalue weighted by molar-refractivity contribution is 0.639. The molecule has 1 unspecified atom stereocenters. The first-order valence-corrected chi connectivity index (χ1v) is 2.84. The van der Waals surface area contributed by atoms with E-state index in [1.54, 1.807) is 0 Å². The molecule has 7 heavy (non-hydrogen) atoms. The summed E-state index contributed by atoms with van der Waals surface area (Å²) in [6.45, 7) is 4.14. The molecule has 0 saturated heterocycles. The Hall–Kier alpha value is -0.0400. The smallest absolute Gasteiger partial charge is 0.00388 e. The molecule has 0 aromatic carbocycles. The van der Waals surface area contributed by atoms with E-state index in [0.717, 1.165) is 12.8 Å². The molecule has 0 aliphatic rings. The number of hydrogen-bond donors (Lipinski definition) is 1. The molecule has 1 radical (unpaired) electrons. The van der Waals surface area contributed by atoms with E-state index in [2.05, 4.69) is 13.3 Å². The maximum absolute atomic E-state index is 5.55. The summed E-state index contributed by atoms with van der Waals surface area (Å²) in [5.41, 5.74) is 5.55. The normalized spacial score (nSPS) is 14.1. The molecule has 0 aliphatic heterocycles. The van der Waals surface area contributed by atoms with Crippen LogP contribution < -0.4 is 5.73 Å². The minimum atomic E-state index is 0.394. The van der Waals surface area contributed by atoms with Gasteiger partial charge in [0.2, 0.25) is 0 Å². The Labute approximate surface area is 45.9 Å². The van der Waals surface area contributed by atoms with Gasteiger partial charge in [0.1, 0.15) is 0 Å². The van der Waals surface area contributed by atoms with E-state index in [9.17, 15) is 0 Å². The second-order valence-corrected chi connectivity index (χ2v) is 1.81. The fourth-order valence-corrected chi connectivity index (χ4v) is 0.469. The van der Waals surface area contributed by atoms with Gasteiger partial charge in [0, 0.05) is 6.04 Å². The maximum Gasteiger partial charge on any atom is 0.00388 e. The maximum atomic E-state index is 5.55. The fraction of sp³-hybridized carbons (Fsp3) is 0.833. The average Bonchev–Trinajstić information content (AvgIpc) is 1.68. The summed E-state index contributed by atoms with van der Waals surface area (Å²) in [6, 6.07) is 0.394. The van der Waals surface area contributed by atoms with Gasteiger partial charge in [-0.15, -0.1) is 0 Å². The molecule has 0 aromatic rings. The lowest BCUT2D eigenvalue weighted by Crippen LogP contribution is -2.17. The van der Waals surface area contributed by atoms with Crippen molar-refractivity contribution in [1.29, 1.82) is 0 Å². The average molecular weight is 100 g/mol. The highest BCUT2D eigenvalue weighted by Crippen LogP contribution is 1.94. The van der Waals surface area contributed by atoms with E-state index >= 15 is 0 Å². The molecular weight excluding hydrogens is 86.1 g/mol. The predicted octanol–water partition coefficient (Wildman–Crippen LogP) is 1.34. The number of hydrogen-bond acceptors (Lipinski definition) is 1. The van der Waals surface area contributed by atoms with Gasteiger partial charge >= 0.3 is 0 Å². The summed E-state index contributed by atoms with van der Waals surface area (Å²) in [4.78, 5) is 0. The zero-order chi connectivity index (χ0) is 5.70. The molecule has 1 atom stereocenters. The van der Waals surface area contributed by atoms with E-state index in [4.69, 9.17) is 5.73 Å². The Kier molecular flexibility index (Phi) is 4.10. The van der Waals surface area contributed by atoms with Gasteiger partial charge in [-0.1, -0.05) is 13.8 Å². The lowest BCUT2D eigenvalue weighted by atomic mass is 10.1. The second kappa shape index (κ2) is 4.13. The first-order valence-electron chi connectivity index (χ1n) is 2.84. The highest BCUT2D eigenvalue weighted by molar-refractivity contribution is 4.66. The minimum Gasteiger partial charge on any atom is -0.328 e. The van der Waals surface area contributed by atoms with E-state index in [-0.39, 0.29) is 0 Å². The zero-order valence-corrected chi connectivity index (χ0v) is 5.15. The molecule has 43 valence electrons. The van der Waals surface area contributed by atoms with Crippen molar-refractivity contribution >= 4 is 0 Å². The van der Waals surface area contributed by atoms with E-state index < -0.39 is 0 Å². The molecule has 0 spiro atoms. The number of nitrogens with two attached hydrogens (primary N) is 1. The van der Waals surface area contributed by atoms with Gasteiger partial charge in [-0.05, 0) is 19.3 Å². The number of rotatable bonds is 3. The fourth-order valence-electron chi connectivity index (χ4n) is 0.469. The molecule has 0 heterocycles. The first-order chi connectivity index (χ1) is 3.31. The third-order valence-electron chi connectivity index (χ3n) is 1.06. The van der Waals surface area contributed by atoms with Crippen LogP contribution in [0.15, 0.2) is 0 Å². The molecule has 1 nitrogen and oxygen atoms in total. The van der Waals surface area contributed by atoms with Gasteiger partial charge < -0.3 is 5.73 Å². The predicted molar refractivity (Wildman–Crippen MR) is 32.9 cm³/mol. The Morgan fingerprint density at radius 2 is 2.29 bits per heavy atom. The van der Waals surface area contributed by atoms with Crippen LogP contribution in [-0.2, 0) is 0 Å². The quantitative estimate of drug-likeness (QED) is 0.569. The molecule has 0 saturated carbocycles. The van der Waals surface area contributed by atoms with Crippen molar-refractivity contribution in [3.05, 3.63) is 6.42 Å². The summed E-state index contributed by atoms with van der Waals surface area (Å²) in [5, 5.41) is 0. The monoisotopic (exact) mass is 100 g/mol. The van der Waals surface area contributed by atoms with Crippen molar-refractivity contribution in [3.8, 4) is 0 Å². The second-order valence-electron chi connectivity index (χ2n) is 1.81. The standard InChI is InChI=1S/C6H14N/c1-3-5-6(7)4-2/h3,6H,4-5,7H2,1-2H3. The summed E-state index contributed by atoms with van der Waals surface area (Å²) in [5.74, 6) is 0. The molecule has 0 rings (SSSR count). The topological polar surface area (TPSA) is 26.0 Å². The van der Waals surface area contributed by atoms with Crippen molar-refractivity contribution in [2.45, 2.75) is 32.7 Å². The Balaban J connectivity index is 2.83. The van der Waals surface area contributed by atoms with E-state index in [1.165, 1.54) is 0 Å². The Bertz CT molecular complexity index is 35.2. The first kappa shape index (κ1) is 6.96. The molecule has 0 amide bonds.